The number of carbonyl (C=O) groups is 1. The molecule has 1 aromatic heterocycles. The molecule has 0 bridgehead atoms. The molecule has 0 amide bonds. The van der Waals surface area contributed by atoms with Crippen LogP contribution in [-0.2, 0) is 21.9 Å². The lowest BCUT2D eigenvalue weighted by Crippen LogP contribution is -2.39. The largest absolute Gasteiger partial charge is 0.481 e. The first-order chi connectivity index (χ1) is 8.06. The third kappa shape index (κ3) is 3.08. The van der Waals surface area contributed by atoms with Gasteiger partial charge in [-0.25, -0.2) is 18.1 Å². The van der Waals surface area contributed by atoms with Crippen molar-refractivity contribution in [3.8, 4) is 0 Å². The van der Waals surface area contributed by atoms with E-state index in [4.69, 9.17) is 5.11 Å². The molecule has 0 aliphatic carbocycles. The van der Waals surface area contributed by atoms with E-state index in [9.17, 15) is 13.2 Å². The van der Waals surface area contributed by atoms with Crippen LogP contribution >= 0.6 is 0 Å². The minimum atomic E-state index is -3.77. The molecule has 0 saturated carbocycles. The molecule has 0 unspecified atom stereocenters. The predicted molar refractivity (Wildman–Crippen MR) is 64.6 cm³/mol. The van der Waals surface area contributed by atoms with Crippen molar-refractivity contribution in [3.63, 3.8) is 0 Å². The molecule has 8 heteroatoms. The van der Waals surface area contributed by atoms with Crippen LogP contribution in [0.5, 0.6) is 0 Å². The lowest BCUT2D eigenvalue weighted by molar-refractivity contribution is -0.146. The van der Waals surface area contributed by atoms with Crippen molar-refractivity contribution in [3.05, 3.63) is 12.0 Å². The Bertz CT molecular complexity index is 540. The van der Waals surface area contributed by atoms with E-state index in [2.05, 4.69) is 9.71 Å². The lowest BCUT2D eigenvalue weighted by atomic mass is 9.95. The molecule has 0 aromatic carbocycles. The first kappa shape index (κ1) is 14.7. The predicted octanol–water partition coefficient (Wildman–Crippen LogP) is 0.118. The highest BCUT2D eigenvalue weighted by Gasteiger charge is 2.30. The van der Waals surface area contributed by atoms with Crippen molar-refractivity contribution in [2.75, 3.05) is 6.54 Å². The smallest absolute Gasteiger partial charge is 0.310 e. The SMILES string of the molecule is Cc1nc(S(=O)(=O)NCC(C)(C)C(=O)O)cn1C. The second-order valence-corrected chi connectivity index (χ2v) is 6.46. The van der Waals surface area contributed by atoms with E-state index in [0.29, 0.717) is 5.82 Å². The van der Waals surface area contributed by atoms with Crippen LogP contribution in [0, 0.1) is 12.3 Å². The molecule has 0 saturated heterocycles. The maximum atomic E-state index is 11.9. The number of carboxylic acid groups (broad SMARTS) is 1. The summed E-state index contributed by atoms with van der Waals surface area (Å²) in [6.45, 7) is 4.38. The molecule has 0 spiro atoms. The zero-order valence-corrected chi connectivity index (χ0v) is 11.6. The van der Waals surface area contributed by atoms with E-state index < -0.39 is 21.4 Å². The van der Waals surface area contributed by atoms with E-state index in [-0.39, 0.29) is 11.6 Å². The van der Waals surface area contributed by atoms with Crippen molar-refractivity contribution in [2.24, 2.45) is 12.5 Å². The molecule has 0 aliphatic rings. The van der Waals surface area contributed by atoms with Gasteiger partial charge < -0.3 is 9.67 Å². The molecule has 2 N–H and O–H groups in total. The highest BCUT2D eigenvalue weighted by molar-refractivity contribution is 7.89. The van der Waals surface area contributed by atoms with Crippen LogP contribution in [-0.4, -0.2) is 35.6 Å². The van der Waals surface area contributed by atoms with Gasteiger partial charge in [-0.3, -0.25) is 4.79 Å². The number of hydrogen-bond donors (Lipinski definition) is 2. The van der Waals surface area contributed by atoms with Gasteiger partial charge in [0.2, 0.25) is 0 Å². The number of aromatic nitrogens is 2. The molecule has 1 heterocycles. The van der Waals surface area contributed by atoms with Crippen LogP contribution in [0.2, 0.25) is 0 Å². The van der Waals surface area contributed by atoms with Crippen molar-refractivity contribution >= 4 is 16.0 Å². The first-order valence-electron chi connectivity index (χ1n) is 5.29. The van der Waals surface area contributed by atoms with E-state index in [0.717, 1.165) is 0 Å². The molecule has 0 atom stereocenters. The Morgan fingerprint density at radius 2 is 2.11 bits per heavy atom. The Hall–Kier alpha value is -1.41. The second kappa shape index (κ2) is 4.69. The van der Waals surface area contributed by atoms with Gasteiger partial charge in [-0.15, -0.1) is 0 Å². The Morgan fingerprint density at radius 1 is 1.56 bits per heavy atom. The molecule has 102 valence electrons. The summed E-state index contributed by atoms with van der Waals surface area (Å²) < 4.78 is 27.6. The minimum absolute atomic E-state index is 0.108. The van der Waals surface area contributed by atoms with Crippen LogP contribution in [0.4, 0.5) is 0 Å². The van der Waals surface area contributed by atoms with Gasteiger partial charge in [-0.1, -0.05) is 0 Å². The monoisotopic (exact) mass is 275 g/mol. The topological polar surface area (TPSA) is 101 Å². The molecule has 0 radical (unpaired) electrons. The number of nitrogens with one attached hydrogen (secondary N) is 1. The van der Waals surface area contributed by atoms with Gasteiger partial charge in [-0.05, 0) is 20.8 Å². The van der Waals surface area contributed by atoms with Gasteiger partial charge in [0.1, 0.15) is 5.82 Å². The van der Waals surface area contributed by atoms with Gasteiger partial charge >= 0.3 is 5.97 Å². The molecule has 1 aromatic rings. The summed E-state index contributed by atoms with van der Waals surface area (Å²) in [5, 5.41) is 8.79. The highest BCUT2D eigenvalue weighted by atomic mass is 32.2. The number of aliphatic carboxylic acids is 1. The van der Waals surface area contributed by atoms with Crippen molar-refractivity contribution < 1.29 is 18.3 Å². The van der Waals surface area contributed by atoms with Crippen molar-refractivity contribution in [2.45, 2.75) is 25.8 Å². The standard InChI is InChI=1S/C10H17N3O4S/c1-7-12-8(5-13(7)4)18(16,17)11-6-10(2,3)9(14)15/h5,11H,6H2,1-4H3,(H,14,15). The number of sulfonamides is 1. The van der Waals surface area contributed by atoms with Gasteiger partial charge in [0.05, 0.1) is 5.41 Å². The van der Waals surface area contributed by atoms with Crippen molar-refractivity contribution in [1.82, 2.24) is 14.3 Å². The number of hydrogen-bond acceptors (Lipinski definition) is 4. The van der Waals surface area contributed by atoms with Crippen LogP contribution in [0.3, 0.4) is 0 Å². The van der Waals surface area contributed by atoms with Crippen LogP contribution < -0.4 is 4.72 Å². The molecule has 18 heavy (non-hydrogen) atoms. The summed E-state index contributed by atoms with van der Waals surface area (Å²) in [4.78, 5) is 14.8. The maximum absolute atomic E-state index is 11.9. The van der Waals surface area contributed by atoms with Crippen molar-refractivity contribution in [1.29, 1.82) is 0 Å². The molecule has 0 aliphatic heterocycles. The van der Waals surface area contributed by atoms with Gasteiger partial charge in [0, 0.05) is 19.8 Å². The summed E-state index contributed by atoms with van der Waals surface area (Å²) in [5.41, 5.74) is -1.17. The Kier molecular flexibility index (Phi) is 3.82. The molecular weight excluding hydrogens is 258 g/mol. The average Bonchev–Trinajstić information content (AvgIpc) is 2.57. The van der Waals surface area contributed by atoms with Crippen LogP contribution in [0.25, 0.3) is 0 Å². The Balaban J connectivity index is 2.87. The summed E-state index contributed by atoms with van der Waals surface area (Å²) in [5.74, 6) is -0.504. The van der Waals surface area contributed by atoms with E-state index in [1.165, 1.54) is 20.0 Å². The average molecular weight is 275 g/mol. The van der Waals surface area contributed by atoms with Gasteiger partial charge in [0.15, 0.2) is 5.03 Å². The number of imidazole rings is 1. The normalized spacial score (nSPS) is 12.7. The van der Waals surface area contributed by atoms with E-state index in [1.807, 2.05) is 0 Å². The summed E-state index contributed by atoms with van der Waals surface area (Å²) in [6, 6.07) is 0. The number of rotatable bonds is 5. The zero-order valence-electron chi connectivity index (χ0n) is 10.8. The molecule has 1 rings (SSSR count). The quantitative estimate of drug-likeness (QED) is 0.794. The molecular formula is C10H17N3O4S. The lowest BCUT2D eigenvalue weighted by Gasteiger charge is -2.18. The Labute approximate surface area is 106 Å². The zero-order chi connectivity index (χ0) is 14.1. The summed E-state index contributed by atoms with van der Waals surface area (Å²) in [7, 11) is -2.09. The highest BCUT2D eigenvalue weighted by Crippen LogP contribution is 2.15. The first-order valence-corrected chi connectivity index (χ1v) is 6.77. The van der Waals surface area contributed by atoms with Crippen LogP contribution in [0.1, 0.15) is 19.7 Å². The minimum Gasteiger partial charge on any atom is -0.481 e. The fraction of sp³-hybridized carbons (Fsp3) is 0.600. The third-order valence-electron chi connectivity index (χ3n) is 2.64. The van der Waals surface area contributed by atoms with E-state index in [1.54, 1.807) is 18.5 Å². The molecule has 0 fully saturated rings. The maximum Gasteiger partial charge on any atom is 0.310 e. The fourth-order valence-corrected chi connectivity index (χ4v) is 2.33. The third-order valence-corrected chi connectivity index (χ3v) is 3.92. The number of carboxylic acids is 1. The Morgan fingerprint density at radius 3 is 2.50 bits per heavy atom. The molecule has 7 nitrogen and oxygen atoms in total. The summed E-state index contributed by atoms with van der Waals surface area (Å²) >= 11 is 0. The number of aryl methyl sites for hydroxylation is 2. The summed E-state index contributed by atoms with van der Waals surface area (Å²) in [6.07, 6.45) is 1.38. The fourth-order valence-electron chi connectivity index (χ4n) is 1.08. The second-order valence-electron chi connectivity index (χ2n) is 4.75. The number of nitrogens with zero attached hydrogens (tertiary/aromatic N) is 2. The van der Waals surface area contributed by atoms with Gasteiger partial charge in [0.25, 0.3) is 10.0 Å². The van der Waals surface area contributed by atoms with Gasteiger partial charge in [-0.2, -0.15) is 0 Å². The van der Waals surface area contributed by atoms with Crippen LogP contribution in [0.15, 0.2) is 11.2 Å². The van der Waals surface area contributed by atoms with E-state index >= 15 is 0 Å².